The van der Waals surface area contributed by atoms with Gasteiger partial charge in [0.15, 0.2) is 0 Å². The summed E-state index contributed by atoms with van der Waals surface area (Å²) in [4.78, 5) is 15.5. The van der Waals surface area contributed by atoms with Crippen LogP contribution in [0.5, 0.6) is 0 Å². The molecule has 0 spiro atoms. The molecule has 0 aromatic carbocycles. The van der Waals surface area contributed by atoms with Crippen LogP contribution in [0.3, 0.4) is 0 Å². The lowest BCUT2D eigenvalue weighted by molar-refractivity contribution is -0.111. The van der Waals surface area contributed by atoms with E-state index in [1.807, 2.05) is 20.8 Å². The molecule has 84 valence electrons. The van der Waals surface area contributed by atoms with Gasteiger partial charge in [0.1, 0.15) is 21.5 Å². The molecule has 1 amide bonds. The molecule has 0 bridgehead atoms. The van der Waals surface area contributed by atoms with E-state index in [1.165, 1.54) is 6.08 Å². The average molecular weight is 224 g/mol. The van der Waals surface area contributed by atoms with Gasteiger partial charge in [-0.15, -0.1) is 0 Å². The van der Waals surface area contributed by atoms with Gasteiger partial charge in [0.25, 0.3) is 0 Å². The Hall–Kier alpha value is -1.51. The number of anilines is 1. The van der Waals surface area contributed by atoms with Gasteiger partial charge < -0.3 is 5.32 Å². The first kappa shape index (κ1) is 13.6. The number of rotatable bonds is 3. The van der Waals surface area contributed by atoms with Crippen LogP contribution in [0.2, 0.25) is 0 Å². The number of hydrogen-bond acceptors (Lipinski definition) is 2. The summed E-state index contributed by atoms with van der Waals surface area (Å²) >= 11 is 0. The molecule has 1 N–H and O–H groups in total. The largest absolute Gasteiger partial charge is 0.307 e. The molecule has 0 fully saturated rings. The number of carbonyl (C=O) groups is 1. The lowest BCUT2D eigenvalue weighted by atomic mass is 9.79. The number of amides is 1. The van der Waals surface area contributed by atoms with Crippen molar-refractivity contribution in [2.75, 3.05) is 5.32 Å². The quantitative estimate of drug-likeness (QED) is 0.589. The predicted molar refractivity (Wildman–Crippen MR) is 72.7 cm³/mol. The Morgan fingerprint density at radius 2 is 2.06 bits per heavy atom. The van der Waals surface area contributed by atoms with E-state index in [9.17, 15) is 4.79 Å². The Labute approximate surface area is 105 Å². The van der Waals surface area contributed by atoms with Crippen molar-refractivity contribution in [2.24, 2.45) is 0 Å². The fraction of sp³-hybridized carbons (Fsp3) is 0.333. The van der Waals surface area contributed by atoms with Crippen molar-refractivity contribution in [3.63, 3.8) is 0 Å². The van der Waals surface area contributed by atoms with Crippen LogP contribution in [0.15, 0.2) is 12.7 Å². The fourth-order valence-corrected chi connectivity index (χ4v) is 1.58. The second kappa shape index (κ2) is 5.21. The summed E-state index contributed by atoms with van der Waals surface area (Å²) in [6.45, 7) is 9.16. The lowest BCUT2D eigenvalue weighted by Gasteiger charge is -2.19. The van der Waals surface area contributed by atoms with E-state index >= 15 is 0 Å². The molecule has 5 heteroatoms. The Morgan fingerprint density at radius 1 is 1.47 bits per heavy atom. The molecule has 0 aliphatic rings. The molecule has 1 aromatic rings. The van der Waals surface area contributed by atoms with Gasteiger partial charge >= 0.3 is 0 Å². The molecular weight excluding hydrogens is 210 g/mol. The normalized spacial score (nSPS) is 10.4. The van der Waals surface area contributed by atoms with Crippen LogP contribution >= 0.6 is 0 Å². The summed E-state index contributed by atoms with van der Waals surface area (Å²) in [5, 5.41) is 2.62. The standard InChI is InChI=1S/C12H14B2N2O/c1-5-8(17)15-12-9(6(2)3)10(13)7(4)11(14)16-12/h5-6H,1H2,2-4H3,(H,15,16,17). The maximum absolute atomic E-state index is 11.3. The first-order chi connectivity index (χ1) is 7.88. The molecule has 3 nitrogen and oxygen atoms in total. The maximum Gasteiger partial charge on any atom is 0.248 e. The van der Waals surface area contributed by atoms with Crippen LogP contribution in [0.25, 0.3) is 0 Å². The van der Waals surface area contributed by atoms with Crippen molar-refractivity contribution in [3.8, 4) is 0 Å². The van der Waals surface area contributed by atoms with Gasteiger partial charge in [-0.1, -0.05) is 25.9 Å². The fourth-order valence-electron chi connectivity index (χ4n) is 1.58. The van der Waals surface area contributed by atoms with E-state index in [1.54, 1.807) is 0 Å². The van der Waals surface area contributed by atoms with Crippen LogP contribution in [0, 0.1) is 6.92 Å². The second-order valence-electron chi connectivity index (χ2n) is 4.15. The van der Waals surface area contributed by atoms with Crippen molar-refractivity contribution in [1.29, 1.82) is 0 Å². The van der Waals surface area contributed by atoms with E-state index in [4.69, 9.17) is 15.7 Å². The van der Waals surface area contributed by atoms with E-state index < -0.39 is 0 Å². The van der Waals surface area contributed by atoms with Crippen LogP contribution in [0.1, 0.15) is 30.9 Å². The third kappa shape index (κ3) is 2.78. The van der Waals surface area contributed by atoms with Gasteiger partial charge in [0.05, 0.1) is 0 Å². The molecule has 1 heterocycles. The van der Waals surface area contributed by atoms with Gasteiger partial charge in [0, 0.05) is 0 Å². The lowest BCUT2D eigenvalue weighted by Crippen LogP contribution is -2.30. The smallest absolute Gasteiger partial charge is 0.248 e. The Kier molecular flexibility index (Phi) is 4.16. The molecule has 17 heavy (non-hydrogen) atoms. The zero-order valence-corrected chi connectivity index (χ0v) is 10.4. The summed E-state index contributed by atoms with van der Waals surface area (Å²) in [6, 6.07) is 0. The Morgan fingerprint density at radius 3 is 2.53 bits per heavy atom. The van der Waals surface area contributed by atoms with Crippen molar-refractivity contribution in [2.45, 2.75) is 26.7 Å². The Balaban J connectivity index is 3.37. The molecule has 0 atom stereocenters. The molecule has 0 aliphatic heterocycles. The number of hydrogen-bond donors (Lipinski definition) is 1. The van der Waals surface area contributed by atoms with Gasteiger partial charge in [-0.3, -0.25) is 4.79 Å². The molecule has 0 saturated carbocycles. The summed E-state index contributed by atoms with van der Waals surface area (Å²) in [6.07, 6.45) is 1.18. The van der Waals surface area contributed by atoms with E-state index in [-0.39, 0.29) is 11.8 Å². The minimum Gasteiger partial charge on any atom is -0.307 e. The second-order valence-corrected chi connectivity index (χ2v) is 4.15. The SMILES string of the molecule is [B]c1nc(NC(=O)C=C)c(C(C)C)c([B])c1C. The number of nitrogens with zero attached hydrogens (tertiary/aromatic N) is 1. The minimum absolute atomic E-state index is 0.141. The summed E-state index contributed by atoms with van der Waals surface area (Å²) in [5.41, 5.74) is 2.44. The maximum atomic E-state index is 11.3. The molecule has 1 rings (SSSR count). The highest BCUT2D eigenvalue weighted by molar-refractivity contribution is 6.40. The van der Waals surface area contributed by atoms with Crippen molar-refractivity contribution < 1.29 is 4.79 Å². The first-order valence-corrected chi connectivity index (χ1v) is 5.37. The molecule has 0 aliphatic carbocycles. The third-order valence-corrected chi connectivity index (χ3v) is 2.57. The topological polar surface area (TPSA) is 42.0 Å². The van der Waals surface area contributed by atoms with Crippen LogP contribution in [-0.4, -0.2) is 26.6 Å². The highest BCUT2D eigenvalue weighted by Crippen LogP contribution is 2.19. The van der Waals surface area contributed by atoms with Crippen LogP contribution in [0.4, 0.5) is 5.82 Å². The predicted octanol–water partition coefficient (Wildman–Crippen LogP) is 0.226. The zero-order chi connectivity index (χ0) is 13.2. The number of nitrogens with one attached hydrogen (secondary N) is 1. The van der Waals surface area contributed by atoms with Gasteiger partial charge in [0.2, 0.25) is 5.91 Å². The molecule has 0 unspecified atom stereocenters. The zero-order valence-electron chi connectivity index (χ0n) is 10.4. The highest BCUT2D eigenvalue weighted by Gasteiger charge is 2.15. The molecule has 1 aromatic heterocycles. The number of aromatic nitrogens is 1. The van der Waals surface area contributed by atoms with Gasteiger partial charge in [-0.25, -0.2) is 4.98 Å². The van der Waals surface area contributed by atoms with Crippen molar-refractivity contribution in [3.05, 3.63) is 23.8 Å². The number of carbonyl (C=O) groups excluding carboxylic acids is 1. The van der Waals surface area contributed by atoms with E-state index in [2.05, 4.69) is 16.9 Å². The third-order valence-electron chi connectivity index (χ3n) is 2.57. The van der Waals surface area contributed by atoms with Gasteiger partial charge in [-0.05, 0) is 35.6 Å². The average Bonchev–Trinajstić information content (AvgIpc) is 2.25. The minimum atomic E-state index is -0.331. The monoisotopic (exact) mass is 224 g/mol. The first-order valence-electron chi connectivity index (χ1n) is 5.37. The number of pyridine rings is 1. The van der Waals surface area contributed by atoms with Crippen molar-refractivity contribution in [1.82, 2.24) is 4.98 Å². The van der Waals surface area contributed by atoms with Crippen molar-refractivity contribution >= 4 is 38.5 Å². The summed E-state index contributed by atoms with van der Waals surface area (Å²) in [7, 11) is 11.7. The highest BCUT2D eigenvalue weighted by atomic mass is 16.1. The van der Waals surface area contributed by atoms with E-state index in [0.29, 0.717) is 16.9 Å². The summed E-state index contributed by atoms with van der Waals surface area (Å²) in [5.74, 6) is 0.217. The molecular formula is C12H14B2N2O. The van der Waals surface area contributed by atoms with Gasteiger partial charge in [-0.2, -0.15) is 0 Å². The molecule has 0 saturated heterocycles. The molecule has 4 radical (unpaired) electrons. The van der Waals surface area contributed by atoms with E-state index in [0.717, 1.165) is 11.1 Å². The van der Waals surface area contributed by atoms with Crippen LogP contribution in [-0.2, 0) is 4.79 Å². The Bertz CT molecular complexity index is 470. The van der Waals surface area contributed by atoms with Crippen LogP contribution < -0.4 is 16.4 Å². The summed E-state index contributed by atoms with van der Waals surface area (Å²) < 4.78 is 0.